The van der Waals surface area contributed by atoms with Gasteiger partial charge in [-0.2, -0.15) is 0 Å². The Morgan fingerprint density at radius 2 is 2.39 bits per heavy atom. The van der Waals surface area contributed by atoms with Crippen molar-refractivity contribution in [3.05, 3.63) is 29.3 Å². The first-order chi connectivity index (χ1) is 8.61. The maximum absolute atomic E-state index is 11.1. The molecule has 1 aromatic rings. The number of amides is 1. The number of carbonyl (C=O) groups excluding carboxylic acids is 1. The molecule has 98 valence electrons. The van der Waals surface area contributed by atoms with Gasteiger partial charge in [-0.25, -0.2) is 0 Å². The van der Waals surface area contributed by atoms with Gasteiger partial charge in [-0.05, 0) is 48.9 Å². The fourth-order valence-corrected chi connectivity index (χ4v) is 2.33. The number of fused-ring (bicyclic) bond motifs is 1. The van der Waals surface area contributed by atoms with E-state index in [9.17, 15) is 9.90 Å². The number of ether oxygens (including phenoxy) is 1. The first-order valence-corrected chi connectivity index (χ1v) is 6.38. The summed E-state index contributed by atoms with van der Waals surface area (Å²) in [5.41, 5.74) is 7.32. The fraction of sp³-hybridized carbons (Fsp3) is 0.500. The van der Waals surface area contributed by atoms with Crippen molar-refractivity contribution < 1.29 is 14.6 Å². The minimum atomic E-state index is -0.608. The van der Waals surface area contributed by atoms with Crippen molar-refractivity contribution in [2.45, 2.75) is 44.8 Å². The molecule has 1 amide bonds. The van der Waals surface area contributed by atoms with Crippen molar-refractivity contribution in [1.82, 2.24) is 0 Å². The Balaban J connectivity index is 2.20. The van der Waals surface area contributed by atoms with Crippen LogP contribution in [0.1, 0.15) is 43.4 Å². The number of aryl methyl sites for hydroxylation is 1. The standard InChI is InChI=1S/C14H19NO3/c1-2-13(14(15)17)18-10-7-6-9-4-3-5-12(16)11(9)8-10/h6-8,12-13,16H,2-5H2,1H3,(H2,15,17)/t12-,13?/m1/s1. The average Bonchev–Trinajstić information content (AvgIpc) is 2.36. The van der Waals surface area contributed by atoms with Gasteiger partial charge in [0.25, 0.3) is 5.91 Å². The molecule has 0 bridgehead atoms. The Bertz CT molecular complexity index is 445. The monoisotopic (exact) mass is 249 g/mol. The molecule has 0 aromatic heterocycles. The molecular formula is C14H19NO3. The highest BCUT2D eigenvalue weighted by molar-refractivity contribution is 5.79. The summed E-state index contributed by atoms with van der Waals surface area (Å²) in [6, 6.07) is 5.62. The van der Waals surface area contributed by atoms with Gasteiger partial charge in [-0.1, -0.05) is 13.0 Å². The van der Waals surface area contributed by atoms with E-state index in [2.05, 4.69) is 0 Å². The van der Waals surface area contributed by atoms with Crippen LogP contribution in [0.25, 0.3) is 0 Å². The first kappa shape index (κ1) is 12.9. The number of nitrogens with two attached hydrogens (primary N) is 1. The molecule has 1 aromatic carbocycles. The number of hydrogen-bond donors (Lipinski definition) is 2. The van der Waals surface area contributed by atoms with Gasteiger partial charge in [0.05, 0.1) is 6.10 Å². The molecule has 0 saturated heterocycles. The van der Waals surface area contributed by atoms with Gasteiger partial charge in [0, 0.05) is 0 Å². The molecule has 1 aliphatic rings. The van der Waals surface area contributed by atoms with Gasteiger partial charge in [0.2, 0.25) is 0 Å². The molecular weight excluding hydrogens is 230 g/mol. The fourth-order valence-electron chi connectivity index (χ4n) is 2.33. The van der Waals surface area contributed by atoms with Crippen LogP contribution in [0.3, 0.4) is 0 Å². The maximum Gasteiger partial charge on any atom is 0.258 e. The third-order valence-corrected chi connectivity index (χ3v) is 3.37. The summed E-state index contributed by atoms with van der Waals surface area (Å²) in [4.78, 5) is 11.1. The minimum absolute atomic E-state index is 0.425. The number of hydrogen-bond acceptors (Lipinski definition) is 3. The molecule has 4 nitrogen and oxygen atoms in total. The number of benzene rings is 1. The summed E-state index contributed by atoms with van der Waals surface area (Å²) in [6.07, 6.45) is 2.28. The Hall–Kier alpha value is -1.55. The lowest BCUT2D eigenvalue weighted by molar-refractivity contribution is -0.124. The molecule has 0 saturated carbocycles. The zero-order chi connectivity index (χ0) is 13.1. The summed E-state index contributed by atoms with van der Waals surface area (Å²) in [5.74, 6) is 0.135. The Kier molecular flexibility index (Phi) is 3.87. The molecule has 0 radical (unpaired) electrons. The van der Waals surface area contributed by atoms with Crippen molar-refractivity contribution in [2.24, 2.45) is 5.73 Å². The molecule has 0 fully saturated rings. The second-order valence-electron chi connectivity index (χ2n) is 4.69. The zero-order valence-electron chi connectivity index (χ0n) is 10.6. The van der Waals surface area contributed by atoms with E-state index in [0.717, 1.165) is 30.4 Å². The van der Waals surface area contributed by atoms with Gasteiger partial charge in [0.15, 0.2) is 6.10 Å². The lowest BCUT2D eigenvalue weighted by atomic mass is 9.89. The molecule has 3 N–H and O–H groups in total. The Morgan fingerprint density at radius 1 is 1.61 bits per heavy atom. The second-order valence-corrected chi connectivity index (χ2v) is 4.69. The van der Waals surface area contributed by atoms with E-state index in [1.165, 1.54) is 0 Å². The molecule has 18 heavy (non-hydrogen) atoms. The highest BCUT2D eigenvalue weighted by Gasteiger charge is 2.20. The molecule has 0 spiro atoms. The summed E-state index contributed by atoms with van der Waals surface area (Å²) >= 11 is 0. The molecule has 0 heterocycles. The number of primary amides is 1. The van der Waals surface area contributed by atoms with Crippen LogP contribution in [0.4, 0.5) is 0 Å². The quantitative estimate of drug-likeness (QED) is 0.853. The summed E-state index contributed by atoms with van der Waals surface area (Å²) in [5, 5.41) is 9.94. The van der Waals surface area contributed by atoms with E-state index in [4.69, 9.17) is 10.5 Å². The van der Waals surface area contributed by atoms with Crippen molar-refractivity contribution in [3.8, 4) is 5.75 Å². The van der Waals surface area contributed by atoms with Crippen LogP contribution in [0.2, 0.25) is 0 Å². The number of aliphatic hydroxyl groups is 1. The Labute approximate surface area is 107 Å². The van der Waals surface area contributed by atoms with Crippen LogP contribution >= 0.6 is 0 Å². The maximum atomic E-state index is 11.1. The van der Waals surface area contributed by atoms with E-state index in [1.54, 1.807) is 0 Å². The van der Waals surface area contributed by atoms with Crippen LogP contribution in [0, 0.1) is 0 Å². The summed E-state index contributed by atoms with van der Waals surface area (Å²) in [7, 11) is 0. The molecule has 4 heteroatoms. The lowest BCUT2D eigenvalue weighted by Crippen LogP contribution is -2.33. The number of carbonyl (C=O) groups is 1. The van der Waals surface area contributed by atoms with Crippen LogP contribution in [0.15, 0.2) is 18.2 Å². The van der Waals surface area contributed by atoms with Gasteiger partial charge < -0.3 is 15.6 Å². The summed E-state index contributed by atoms with van der Waals surface area (Å²) in [6.45, 7) is 1.85. The molecule has 2 atom stereocenters. The van der Waals surface area contributed by atoms with Crippen molar-refractivity contribution in [1.29, 1.82) is 0 Å². The SMILES string of the molecule is CCC(Oc1ccc2c(c1)[C@H](O)CCC2)C(N)=O. The van der Waals surface area contributed by atoms with Gasteiger partial charge in [-0.15, -0.1) is 0 Å². The van der Waals surface area contributed by atoms with Crippen molar-refractivity contribution in [2.75, 3.05) is 0 Å². The molecule has 1 aliphatic carbocycles. The van der Waals surface area contributed by atoms with E-state index in [0.29, 0.717) is 12.2 Å². The highest BCUT2D eigenvalue weighted by atomic mass is 16.5. The zero-order valence-corrected chi connectivity index (χ0v) is 10.6. The normalized spacial score (nSPS) is 20.0. The van der Waals surface area contributed by atoms with Crippen LogP contribution in [-0.2, 0) is 11.2 Å². The van der Waals surface area contributed by atoms with Crippen molar-refractivity contribution >= 4 is 5.91 Å². The topological polar surface area (TPSA) is 72.6 Å². The van der Waals surface area contributed by atoms with Crippen LogP contribution < -0.4 is 10.5 Å². The van der Waals surface area contributed by atoms with Gasteiger partial charge in [0.1, 0.15) is 5.75 Å². The smallest absolute Gasteiger partial charge is 0.258 e. The minimum Gasteiger partial charge on any atom is -0.481 e. The Morgan fingerprint density at radius 3 is 3.06 bits per heavy atom. The number of rotatable bonds is 4. The first-order valence-electron chi connectivity index (χ1n) is 6.38. The molecule has 2 rings (SSSR count). The largest absolute Gasteiger partial charge is 0.481 e. The molecule has 0 aliphatic heterocycles. The van der Waals surface area contributed by atoms with Crippen molar-refractivity contribution in [3.63, 3.8) is 0 Å². The van der Waals surface area contributed by atoms with Gasteiger partial charge in [-0.3, -0.25) is 4.79 Å². The van der Waals surface area contributed by atoms with Crippen LogP contribution in [-0.4, -0.2) is 17.1 Å². The van der Waals surface area contributed by atoms with Crippen LogP contribution in [0.5, 0.6) is 5.75 Å². The third kappa shape index (κ3) is 2.64. The average molecular weight is 249 g/mol. The third-order valence-electron chi connectivity index (χ3n) is 3.37. The molecule has 1 unspecified atom stereocenters. The predicted octanol–water partition coefficient (Wildman–Crippen LogP) is 1.70. The predicted molar refractivity (Wildman–Crippen MR) is 68.2 cm³/mol. The van der Waals surface area contributed by atoms with E-state index in [1.807, 2.05) is 25.1 Å². The highest BCUT2D eigenvalue weighted by Crippen LogP contribution is 2.32. The summed E-state index contributed by atoms with van der Waals surface area (Å²) < 4.78 is 5.55. The van der Waals surface area contributed by atoms with E-state index in [-0.39, 0.29) is 0 Å². The van der Waals surface area contributed by atoms with E-state index >= 15 is 0 Å². The van der Waals surface area contributed by atoms with Gasteiger partial charge >= 0.3 is 0 Å². The second kappa shape index (κ2) is 5.40. The van der Waals surface area contributed by atoms with E-state index < -0.39 is 18.1 Å². The lowest BCUT2D eigenvalue weighted by Gasteiger charge is -2.23. The number of aliphatic hydroxyl groups excluding tert-OH is 1.